The molecule has 0 fully saturated rings. The summed E-state index contributed by atoms with van der Waals surface area (Å²) in [6.45, 7) is 12.4. The summed E-state index contributed by atoms with van der Waals surface area (Å²) in [6, 6.07) is 0. The summed E-state index contributed by atoms with van der Waals surface area (Å²) in [4.78, 5) is 4.54. The lowest BCUT2D eigenvalue weighted by Gasteiger charge is -2.24. The van der Waals surface area contributed by atoms with Crippen molar-refractivity contribution in [1.82, 2.24) is 10.6 Å². The summed E-state index contributed by atoms with van der Waals surface area (Å²) in [5.41, 5.74) is 0.0591. The van der Waals surface area contributed by atoms with Crippen LogP contribution < -0.4 is 10.6 Å². The van der Waals surface area contributed by atoms with Gasteiger partial charge in [-0.3, -0.25) is 4.99 Å². The predicted octanol–water partition coefficient (Wildman–Crippen LogP) is 2.09. The zero-order valence-electron chi connectivity index (χ0n) is 10.8. The maximum absolute atomic E-state index is 4.54. The highest BCUT2D eigenvalue weighted by molar-refractivity contribution is 7.99. The van der Waals surface area contributed by atoms with Gasteiger partial charge < -0.3 is 10.6 Å². The van der Waals surface area contributed by atoms with Crippen LogP contribution in [0.2, 0.25) is 0 Å². The molecule has 0 aromatic rings. The first-order chi connectivity index (χ1) is 6.89. The highest BCUT2D eigenvalue weighted by Gasteiger charge is 2.11. The lowest BCUT2D eigenvalue weighted by atomic mass is 10.1. The fraction of sp³-hybridized carbons (Fsp3) is 0.909. The molecule has 0 heterocycles. The first kappa shape index (κ1) is 14.6. The minimum atomic E-state index is 0.0591. The van der Waals surface area contributed by atoms with Gasteiger partial charge in [0.1, 0.15) is 0 Å². The zero-order valence-corrected chi connectivity index (χ0v) is 11.7. The first-order valence-corrected chi connectivity index (χ1v) is 6.77. The van der Waals surface area contributed by atoms with Crippen molar-refractivity contribution >= 4 is 17.7 Å². The van der Waals surface area contributed by atoms with E-state index in [9.17, 15) is 0 Å². The van der Waals surface area contributed by atoms with Gasteiger partial charge >= 0.3 is 0 Å². The second-order valence-electron chi connectivity index (χ2n) is 4.64. The number of hydrogen-bond donors (Lipinski definition) is 2. The van der Waals surface area contributed by atoms with Crippen molar-refractivity contribution in [3.05, 3.63) is 0 Å². The van der Waals surface area contributed by atoms with E-state index in [-0.39, 0.29) is 5.54 Å². The fourth-order valence-corrected chi connectivity index (χ4v) is 1.18. The zero-order chi connectivity index (χ0) is 11.9. The molecule has 0 aliphatic carbocycles. The van der Waals surface area contributed by atoms with Crippen LogP contribution >= 0.6 is 11.8 Å². The molecule has 0 radical (unpaired) electrons. The van der Waals surface area contributed by atoms with Crippen molar-refractivity contribution in [2.24, 2.45) is 4.99 Å². The average molecular weight is 231 g/mol. The van der Waals surface area contributed by atoms with Crippen LogP contribution in [0.5, 0.6) is 0 Å². The summed E-state index contributed by atoms with van der Waals surface area (Å²) >= 11 is 1.84. The largest absolute Gasteiger partial charge is 0.357 e. The summed E-state index contributed by atoms with van der Waals surface area (Å²) in [7, 11) is 0. The normalized spacial score (nSPS) is 14.9. The molecule has 90 valence electrons. The van der Waals surface area contributed by atoms with Crippen LogP contribution in [0.4, 0.5) is 0 Å². The molecule has 0 aromatic carbocycles. The van der Waals surface area contributed by atoms with Crippen LogP contribution in [0.3, 0.4) is 0 Å². The first-order valence-electron chi connectivity index (χ1n) is 5.48. The van der Waals surface area contributed by atoms with Crippen molar-refractivity contribution in [2.75, 3.05) is 19.3 Å². The SMILES string of the molecule is CCNC(=NCC(C)SC)NC(C)(C)C. The number of rotatable bonds is 4. The lowest BCUT2D eigenvalue weighted by Crippen LogP contribution is -2.47. The van der Waals surface area contributed by atoms with Gasteiger partial charge in [0.2, 0.25) is 0 Å². The lowest BCUT2D eigenvalue weighted by molar-refractivity contribution is 0.501. The van der Waals surface area contributed by atoms with E-state index in [2.05, 4.69) is 56.5 Å². The van der Waals surface area contributed by atoms with Crippen molar-refractivity contribution in [3.8, 4) is 0 Å². The van der Waals surface area contributed by atoms with E-state index in [0.29, 0.717) is 5.25 Å². The summed E-state index contributed by atoms with van der Waals surface area (Å²) in [6.07, 6.45) is 2.12. The number of nitrogens with one attached hydrogen (secondary N) is 2. The van der Waals surface area contributed by atoms with Crippen molar-refractivity contribution < 1.29 is 0 Å². The minimum Gasteiger partial charge on any atom is -0.357 e. The smallest absolute Gasteiger partial charge is 0.191 e. The molecule has 0 amide bonds. The van der Waals surface area contributed by atoms with Gasteiger partial charge in [-0.25, -0.2) is 0 Å². The topological polar surface area (TPSA) is 36.4 Å². The Labute approximate surface area is 98.5 Å². The molecule has 0 aliphatic heterocycles. The van der Waals surface area contributed by atoms with Gasteiger partial charge in [-0.2, -0.15) is 11.8 Å². The van der Waals surface area contributed by atoms with Gasteiger partial charge in [-0.1, -0.05) is 6.92 Å². The van der Waals surface area contributed by atoms with E-state index in [1.165, 1.54) is 0 Å². The van der Waals surface area contributed by atoms with Crippen LogP contribution in [0, 0.1) is 0 Å². The van der Waals surface area contributed by atoms with E-state index in [1.54, 1.807) is 0 Å². The van der Waals surface area contributed by atoms with E-state index in [4.69, 9.17) is 0 Å². The van der Waals surface area contributed by atoms with E-state index < -0.39 is 0 Å². The van der Waals surface area contributed by atoms with Crippen LogP contribution in [0.25, 0.3) is 0 Å². The van der Waals surface area contributed by atoms with E-state index >= 15 is 0 Å². The Hall–Kier alpha value is -0.380. The van der Waals surface area contributed by atoms with Gasteiger partial charge in [-0.15, -0.1) is 0 Å². The molecule has 0 aromatic heterocycles. The Morgan fingerprint density at radius 2 is 2.00 bits per heavy atom. The maximum atomic E-state index is 4.54. The third-order valence-electron chi connectivity index (χ3n) is 1.75. The Morgan fingerprint density at radius 1 is 1.40 bits per heavy atom. The van der Waals surface area contributed by atoms with Crippen LogP contribution in [-0.2, 0) is 0 Å². The predicted molar refractivity (Wildman–Crippen MR) is 71.8 cm³/mol. The molecule has 0 rings (SSSR count). The molecule has 3 nitrogen and oxygen atoms in total. The van der Waals surface area contributed by atoms with Crippen molar-refractivity contribution in [1.29, 1.82) is 0 Å². The molecule has 0 aliphatic rings. The third-order valence-corrected chi connectivity index (χ3v) is 2.70. The summed E-state index contributed by atoms with van der Waals surface area (Å²) < 4.78 is 0. The summed E-state index contributed by atoms with van der Waals surface area (Å²) in [5, 5.41) is 7.18. The number of nitrogens with zero attached hydrogens (tertiary/aromatic N) is 1. The fourth-order valence-electron chi connectivity index (χ4n) is 0.957. The molecule has 0 spiro atoms. The number of aliphatic imine (C=N–C) groups is 1. The van der Waals surface area contributed by atoms with Crippen molar-refractivity contribution in [3.63, 3.8) is 0 Å². The van der Waals surface area contributed by atoms with E-state index in [1.807, 2.05) is 11.8 Å². The molecule has 4 heteroatoms. The number of hydrogen-bond acceptors (Lipinski definition) is 2. The Bertz CT molecular complexity index is 196. The second-order valence-corrected chi connectivity index (χ2v) is 5.92. The Morgan fingerprint density at radius 3 is 2.40 bits per heavy atom. The quantitative estimate of drug-likeness (QED) is 0.574. The van der Waals surface area contributed by atoms with Gasteiger partial charge in [0, 0.05) is 17.3 Å². The molecule has 2 N–H and O–H groups in total. The summed E-state index contributed by atoms with van der Waals surface area (Å²) in [5.74, 6) is 0.908. The van der Waals surface area contributed by atoms with Gasteiger partial charge in [0.15, 0.2) is 5.96 Å². The molecule has 0 saturated carbocycles. The van der Waals surface area contributed by atoms with Crippen LogP contribution in [0.1, 0.15) is 34.6 Å². The minimum absolute atomic E-state index is 0.0591. The maximum Gasteiger partial charge on any atom is 0.191 e. The standard InChI is InChI=1S/C11H25N3S/c1-7-12-10(14-11(3,4)5)13-8-9(2)15-6/h9H,7-8H2,1-6H3,(H2,12,13,14). The second kappa shape index (κ2) is 6.99. The average Bonchev–Trinajstić information content (AvgIpc) is 2.11. The highest BCUT2D eigenvalue weighted by Crippen LogP contribution is 2.05. The molecule has 15 heavy (non-hydrogen) atoms. The monoisotopic (exact) mass is 231 g/mol. The number of thioether (sulfide) groups is 1. The van der Waals surface area contributed by atoms with Gasteiger partial charge in [0.25, 0.3) is 0 Å². The van der Waals surface area contributed by atoms with E-state index in [0.717, 1.165) is 19.0 Å². The van der Waals surface area contributed by atoms with Crippen LogP contribution in [0.15, 0.2) is 4.99 Å². The Kier molecular flexibility index (Phi) is 6.81. The third kappa shape index (κ3) is 8.60. The van der Waals surface area contributed by atoms with Gasteiger partial charge in [-0.05, 0) is 34.0 Å². The van der Waals surface area contributed by atoms with Crippen molar-refractivity contribution in [2.45, 2.75) is 45.4 Å². The molecule has 1 atom stereocenters. The highest BCUT2D eigenvalue weighted by atomic mass is 32.2. The molecule has 1 unspecified atom stereocenters. The molecule has 0 saturated heterocycles. The van der Waals surface area contributed by atoms with Gasteiger partial charge in [0.05, 0.1) is 6.54 Å². The molecular formula is C11H25N3S. The molecule has 0 bridgehead atoms. The molecular weight excluding hydrogens is 206 g/mol. The number of guanidine groups is 1. The van der Waals surface area contributed by atoms with Crippen LogP contribution in [-0.4, -0.2) is 36.1 Å². The Balaban J connectivity index is 4.25.